The lowest BCUT2D eigenvalue weighted by Crippen LogP contribution is -2.08. The monoisotopic (exact) mass is 353 g/mol. The van der Waals surface area contributed by atoms with Crippen LogP contribution in [0.1, 0.15) is 34.2 Å². The molecule has 2 heterocycles. The minimum atomic E-state index is -0.460. The Labute approximate surface area is 131 Å². The fourth-order valence-electron chi connectivity index (χ4n) is 1.69. The van der Waals surface area contributed by atoms with Crippen molar-refractivity contribution in [3.8, 4) is 5.88 Å². The third-order valence-electron chi connectivity index (χ3n) is 3.01. The highest BCUT2D eigenvalue weighted by molar-refractivity contribution is 9.10. The van der Waals surface area contributed by atoms with Crippen molar-refractivity contribution >= 4 is 21.9 Å². The zero-order chi connectivity index (χ0) is 15.4. The summed E-state index contributed by atoms with van der Waals surface area (Å²) in [6.07, 6.45) is 1.62. The van der Waals surface area contributed by atoms with Crippen LogP contribution in [0.2, 0.25) is 0 Å². The highest BCUT2D eigenvalue weighted by atomic mass is 79.9. The van der Waals surface area contributed by atoms with E-state index in [1.807, 2.05) is 20.8 Å². The maximum atomic E-state index is 12.0. The lowest BCUT2D eigenvalue weighted by atomic mass is 10.2. The highest BCUT2D eigenvalue weighted by Crippen LogP contribution is 2.21. The molecule has 21 heavy (non-hydrogen) atoms. The van der Waals surface area contributed by atoms with E-state index in [2.05, 4.69) is 31.1 Å². The van der Waals surface area contributed by atoms with Crippen molar-refractivity contribution < 1.29 is 14.3 Å². The van der Waals surface area contributed by atoms with Gasteiger partial charge in [-0.05, 0) is 36.7 Å². The van der Waals surface area contributed by atoms with Gasteiger partial charge in [-0.15, -0.1) is 0 Å². The molecule has 0 unspecified atom stereocenters. The number of carbonyl (C=O) groups excluding carboxylic acids is 1. The van der Waals surface area contributed by atoms with Gasteiger partial charge in [0.1, 0.15) is 6.61 Å². The first-order valence-corrected chi connectivity index (χ1v) is 7.28. The normalized spacial score (nSPS) is 10.5. The van der Waals surface area contributed by atoms with Crippen LogP contribution in [0.15, 0.2) is 16.7 Å². The Hall–Kier alpha value is -1.89. The van der Waals surface area contributed by atoms with Gasteiger partial charge in [0.15, 0.2) is 5.69 Å². The van der Waals surface area contributed by atoms with Crippen LogP contribution in [-0.4, -0.2) is 27.8 Å². The molecule has 2 aromatic heterocycles. The summed E-state index contributed by atoms with van der Waals surface area (Å²) in [4.78, 5) is 16.1. The number of aromatic amines is 1. The Kier molecular flexibility index (Phi) is 4.95. The van der Waals surface area contributed by atoms with Crippen LogP contribution in [0.4, 0.5) is 0 Å². The lowest BCUT2D eigenvalue weighted by molar-refractivity contribution is 0.0463. The second kappa shape index (κ2) is 6.71. The maximum absolute atomic E-state index is 12.0. The average molecular weight is 354 g/mol. The van der Waals surface area contributed by atoms with Gasteiger partial charge in [-0.1, -0.05) is 0 Å². The van der Waals surface area contributed by atoms with Gasteiger partial charge in [0.05, 0.1) is 6.61 Å². The number of nitrogens with one attached hydrogen (secondary N) is 1. The smallest absolute Gasteiger partial charge is 0.359 e. The lowest BCUT2D eigenvalue weighted by Gasteiger charge is -2.08. The molecule has 0 aliphatic rings. The molecule has 0 aliphatic carbocycles. The van der Waals surface area contributed by atoms with Gasteiger partial charge in [0.2, 0.25) is 5.88 Å². The van der Waals surface area contributed by atoms with Crippen LogP contribution in [0, 0.1) is 13.8 Å². The number of hydrogen-bond donors (Lipinski definition) is 1. The predicted molar refractivity (Wildman–Crippen MR) is 80.3 cm³/mol. The quantitative estimate of drug-likeness (QED) is 0.836. The van der Waals surface area contributed by atoms with Crippen LogP contribution < -0.4 is 4.74 Å². The predicted octanol–water partition coefficient (Wildman–Crippen LogP) is 2.94. The van der Waals surface area contributed by atoms with Gasteiger partial charge in [0, 0.05) is 33.6 Å². The third kappa shape index (κ3) is 3.60. The van der Waals surface area contributed by atoms with Crippen LogP contribution in [0.3, 0.4) is 0 Å². The van der Waals surface area contributed by atoms with E-state index in [0.717, 1.165) is 21.3 Å². The number of rotatable bonds is 5. The molecule has 7 heteroatoms. The Morgan fingerprint density at radius 3 is 2.81 bits per heavy atom. The molecule has 0 radical (unpaired) electrons. The number of H-pyrrole nitrogens is 1. The van der Waals surface area contributed by atoms with Gasteiger partial charge in [-0.2, -0.15) is 5.10 Å². The summed E-state index contributed by atoms with van der Waals surface area (Å²) in [5.74, 6) is 0.0389. The molecule has 2 aromatic rings. The zero-order valence-corrected chi connectivity index (χ0v) is 13.7. The van der Waals surface area contributed by atoms with Crippen molar-refractivity contribution in [2.24, 2.45) is 0 Å². The largest absolute Gasteiger partial charge is 0.478 e. The Balaban J connectivity index is 2.07. The first-order valence-electron chi connectivity index (χ1n) is 6.48. The summed E-state index contributed by atoms with van der Waals surface area (Å²) in [5, 5.41) is 6.71. The van der Waals surface area contributed by atoms with E-state index < -0.39 is 5.97 Å². The van der Waals surface area contributed by atoms with E-state index in [0.29, 0.717) is 18.2 Å². The van der Waals surface area contributed by atoms with E-state index in [-0.39, 0.29) is 6.61 Å². The topological polar surface area (TPSA) is 77.1 Å². The first-order chi connectivity index (χ1) is 10.0. The molecule has 0 saturated carbocycles. The van der Waals surface area contributed by atoms with E-state index in [1.165, 1.54) is 0 Å². The van der Waals surface area contributed by atoms with E-state index in [9.17, 15) is 4.79 Å². The second-order valence-electron chi connectivity index (χ2n) is 4.45. The van der Waals surface area contributed by atoms with Crippen molar-refractivity contribution in [2.75, 3.05) is 6.61 Å². The molecular weight excluding hydrogens is 338 g/mol. The molecule has 112 valence electrons. The maximum Gasteiger partial charge on any atom is 0.359 e. The molecule has 2 rings (SSSR count). The van der Waals surface area contributed by atoms with Crippen molar-refractivity contribution in [3.63, 3.8) is 0 Å². The van der Waals surface area contributed by atoms with Crippen LogP contribution in [-0.2, 0) is 11.3 Å². The fraction of sp³-hybridized carbons (Fsp3) is 0.357. The summed E-state index contributed by atoms with van der Waals surface area (Å²) in [7, 11) is 0. The van der Waals surface area contributed by atoms with E-state index in [4.69, 9.17) is 9.47 Å². The van der Waals surface area contributed by atoms with Gasteiger partial charge >= 0.3 is 5.97 Å². The molecule has 0 spiro atoms. The molecule has 1 N–H and O–H groups in total. The zero-order valence-electron chi connectivity index (χ0n) is 12.1. The molecule has 0 fully saturated rings. The summed E-state index contributed by atoms with van der Waals surface area (Å²) >= 11 is 3.38. The molecule has 0 aromatic carbocycles. The summed E-state index contributed by atoms with van der Waals surface area (Å²) in [6.45, 7) is 6.21. The minimum absolute atomic E-state index is 0.118. The van der Waals surface area contributed by atoms with Crippen molar-refractivity contribution in [3.05, 3.63) is 39.3 Å². The molecule has 6 nitrogen and oxygen atoms in total. The number of hydrogen-bond acceptors (Lipinski definition) is 5. The number of aryl methyl sites for hydroxylation is 1. The van der Waals surface area contributed by atoms with Crippen molar-refractivity contribution in [2.45, 2.75) is 27.4 Å². The van der Waals surface area contributed by atoms with E-state index in [1.54, 1.807) is 12.3 Å². The summed E-state index contributed by atoms with van der Waals surface area (Å²) in [5.41, 5.74) is 2.74. The second-order valence-corrected chi connectivity index (χ2v) is 5.30. The van der Waals surface area contributed by atoms with Gasteiger partial charge in [0.25, 0.3) is 0 Å². The number of ether oxygens (including phenoxy) is 2. The number of nitrogens with zero attached hydrogens (tertiary/aromatic N) is 2. The fourth-order valence-corrected chi connectivity index (χ4v) is 2.02. The summed E-state index contributed by atoms with van der Waals surface area (Å²) < 4.78 is 11.4. The molecule has 0 amide bonds. The third-order valence-corrected chi connectivity index (χ3v) is 3.72. The number of halogens is 1. The SMILES string of the molecule is CCOc1cc(COC(=O)c2n[nH]c(C)c2C)c(Br)cn1. The molecule has 0 saturated heterocycles. The first kappa shape index (κ1) is 15.5. The molecule has 0 aliphatic heterocycles. The van der Waals surface area contributed by atoms with Crippen molar-refractivity contribution in [1.29, 1.82) is 0 Å². The number of esters is 1. The Morgan fingerprint density at radius 2 is 2.19 bits per heavy atom. The number of pyridine rings is 1. The minimum Gasteiger partial charge on any atom is -0.478 e. The Bertz CT molecular complexity index is 655. The van der Waals surface area contributed by atoms with Crippen LogP contribution in [0.5, 0.6) is 5.88 Å². The molecule has 0 bridgehead atoms. The van der Waals surface area contributed by atoms with Crippen molar-refractivity contribution in [1.82, 2.24) is 15.2 Å². The number of aromatic nitrogens is 3. The van der Waals surface area contributed by atoms with Crippen LogP contribution >= 0.6 is 15.9 Å². The van der Waals surface area contributed by atoms with Gasteiger partial charge in [-0.25, -0.2) is 9.78 Å². The average Bonchev–Trinajstić information content (AvgIpc) is 2.79. The standard InChI is InChI=1S/C14H16BrN3O3/c1-4-20-12-5-10(11(15)6-16-12)7-21-14(19)13-8(2)9(3)17-18-13/h5-6H,4,7H2,1-3H3,(H,17,18). The van der Waals surface area contributed by atoms with Crippen LogP contribution in [0.25, 0.3) is 0 Å². The molecular formula is C14H16BrN3O3. The molecule has 0 atom stereocenters. The highest BCUT2D eigenvalue weighted by Gasteiger charge is 2.16. The van der Waals surface area contributed by atoms with Gasteiger partial charge < -0.3 is 9.47 Å². The Morgan fingerprint density at radius 1 is 1.43 bits per heavy atom. The number of carbonyl (C=O) groups is 1. The summed E-state index contributed by atoms with van der Waals surface area (Å²) in [6, 6.07) is 1.74. The van der Waals surface area contributed by atoms with Gasteiger partial charge in [-0.3, -0.25) is 5.10 Å². The van der Waals surface area contributed by atoms with E-state index >= 15 is 0 Å².